The third kappa shape index (κ3) is 3.68. The van der Waals surface area contributed by atoms with Gasteiger partial charge in [-0.3, -0.25) is 9.36 Å². The molecule has 0 amide bonds. The van der Waals surface area contributed by atoms with Gasteiger partial charge in [-0.25, -0.2) is 10.1 Å². The van der Waals surface area contributed by atoms with Crippen molar-refractivity contribution in [2.24, 2.45) is 0 Å². The van der Waals surface area contributed by atoms with Crippen LogP contribution >= 0.6 is 11.6 Å². The number of imidazole rings is 1. The van der Waals surface area contributed by atoms with E-state index in [1.807, 2.05) is 0 Å². The Morgan fingerprint density at radius 2 is 2.03 bits per heavy atom. The molecule has 0 saturated heterocycles. The molecule has 158 valence electrons. The minimum absolute atomic E-state index is 0.0109. The van der Waals surface area contributed by atoms with Gasteiger partial charge in [0, 0.05) is 24.3 Å². The van der Waals surface area contributed by atoms with Crippen molar-refractivity contribution in [1.82, 2.24) is 19.7 Å². The molecule has 0 aliphatic carbocycles. The van der Waals surface area contributed by atoms with Crippen LogP contribution in [0, 0.1) is 6.92 Å². The van der Waals surface area contributed by atoms with Gasteiger partial charge in [0.1, 0.15) is 22.6 Å². The van der Waals surface area contributed by atoms with Gasteiger partial charge in [0.05, 0.1) is 18.4 Å². The van der Waals surface area contributed by atoms with Crippen molar-refractivity contribution in [2.45, 2.75) is 36.1 Å². The van der Waals surface area contributed by atoms with Gasteiger partial charge < -0.3 is 9.45 Å². The highest BCUT2D eigenvalue weighted by molar-refractivity contribution is 7.91. The van der Waals surface area contributed by atoms with Gasteiger partial charge in [-0.15, -0.1) is 0 Å². The lowest BCUT2D eigenvalue weighted by Crippen LogP contribution is -2.35. The van der Waals surface area contributed by atoms with E-state index in [2.05, 4.69) is 15.2 Å². The van der Waals surface area contributed by atoms with Crippen LogP contribution in [0.25, 0.3) is 0 Å². The first kappa shape index (κ1) is 20.8. The fourth-order valence-corrected chi connectivity index (χ4v) is 4.87. The number of aromatic amines is 1. The van der Waals surface area contributed by atoms with Crippen LogP contribution < -0.4 is 10.5 Å². The molecule has 0 bridgehead atoms. The van der Waals surface area contributed by atoms with Crippen molar-refractivity contribution < 1.29 is 17.7 Å². The number of rotatable bonds is 3. The zero-order valence-corrected chi connectivity index (χ0v) is 17.1. The van der Waals surface area contributed by atoms with Gasteiger partial charge in [-0.2, -0.15) is 18.3 Å². The fourth-order valence-electron chi connectivity index (χ4n) is 3.32. The predicted molar refractivity (Wildman–Crippen MR) is 104 cm³/mol. The maximum atomic E-state index is 13.5. The Bertz CT molecular complexity index is 1160. The molecule has 1 aliphatic rings. The van der Waals surface area contributed by atoms with Gasteiger partial charge in [-0.1, -0.05) is 23.2 Å². The normalized spacial score (nSPS) is 15.2. The molecular formula is C18H15ClF3N5O2S. The van der Waals surface area contributed by atoms with Gasteiger partial charge in [0.2, 0.25) is 0 Å². The highest BCUT2D eigenvalue weighted by Gasteiger charge is 2.39. The van der Waals surface area contributed by atoms with E-state index in [1.54, 1.807) is 16.4 Å². The summed E-state index contributed by atoms with van der Waals surface area (Å²) in [6.07, 6.45) is -1.88. The molecule has 3 heterocycles. The van der Waals surface area contributed by atoms with Crippen LogP contribution in [0.2, 0.25) is 5.02 Å². The third-order valence-corrected chi connectivity index (χ3v) is 6.60. The first-order valence-electron chi connectivity index (χ1n) is 8.79. The lowest BCUT2D eigenvalue weighted by atomic mass is 10.1. The molecule has 30 heavy (non-hydrogen) atoms. The topological polar surface area (TPSA) is 89.9 Å². The number of anilines is 1. The fraction of sp³-hybridized carbons (Fsp3) is 0.278. The Hall–Kier alpha value is -2.50. The van der Waals surface area contributed by atoms with Crippen LogP contribution in [0.3, 0.4) is 0 Å². The Morgan fingerprint density at radius 3 is 2.77 bits per heavy atom. The molecule has 1 N–H and O–H groups in total. The molecule has 3 aromatic rings. The quantitative estimate of drug-likeness (QED) is 0.610. The van der Waals surface area contributed by atoms with E-state index in [9.17, 15) is 22.5 Å². The number of fused-ring (bicyclic) bond motifs is 1. The van der Waals surface area contributed by atoms with Crippen LogP contribution in [0.15, 0.2) is 45.3 Å². The predicted octanol–water partition coefficient (Wildman–Crippen LogP) is 3.13. The van der Waals surface area contributed by atoms with E-state index < -0.39 is 28.5 Å². The summed E-state index contributed by atoms with van der Waals surface area (Å²) < 4.78 is 55.1. The standard InChI is InChI=1S/C18H15ClF3N5O2S/c1-10-2-3-13(11(6-10)18(20,21)22)30(29)15-8-23-14-9-26(4-5-27(14)15)12-7-24-25-17(28)16(12)19/h2-3,6-8H,4-5,9H2,1H3,(H,25,28). The second-order valence-electron chi connectivity index (χ2n) is 6.75. The van der Waals surface area contributed by atoms with Crippen molar-refractivity contribution >= 4 is 28.5 Å². The number of hydrogen-bond donors (Lipinski definition) is 1. The van der Waals surface area contributed by atoms with Crippen LogP contribution in [-0.4, -0.2) is 30.8 Å². The molecule has 7 nitrogen and oxygen atoms in total. The highest BCUT2D eigenvalue weighted by atomic mass is 35.5. The first-order chi connectivity index (χ1) is 14.2. The van der Waals surface area contributed by atoms with Crippen molar-refractivity contribution in [3.8, 4) is 0 Å². The smallest absolute Gasteiger partial charge is 0.421 e. The average Bonchev–Trinajstić information content (AvgIpc) is 3.12. The third-order valence-electron chi connectivity index (χ3n) is 4.78. The maximum Gasteiger partial charge on any atom is 0.421 e. The zero-order valence-electron chi connectivity index (χ0n) is 15.5. The number of nitrogens with zero attached hydrogens (tertiary/aromatic N) is 4. The largest absolute Gasteiger partial charge is 0.605 e. The number of benzene rings is 1. The van der Waals surface area contributed by atoms with Crippen LogP contribution in [-0.2, 0) is 30.4 Å². The molecule has 1 unspecified atom stereocenters. The minimum atomic E-state index is -4.62. The highest BCUT2D eigenvalue weighted by Crippen LogP contribution is 2.37. The zero-order chi connectivity index (χ0) is 21.6. The summed E-state index contributed by atoms with van der Waals surface area (Å²) in [5.41, 5.74) is -0.591. The van der Waals surface area contributed by atoms with Gasteiger partial charge in [0.25, 0.3) is 10.6 Å². The lowest BCUT2D eigenvalue weighted by molar-refractivity contribution is -0.139. The van der Waals surface area contributed by atoms with E-state index >= 15 is 0 Å². The maximum absolute atomic E-state index is 13.5. The molecule has 0 fully saturated rings. The Morgan fingerprint density at radius 1 is 1.27 bits per heavy atom. The molecule has 1 aliphatic heterocycles. The summed E-state index contributed by atoms with van der Waals surface area (Å²) in [6, 6.07) is 3.73. The molecule has 2 aromatic heterocycles. The van der Waals surface area contributed by atoms with Crippen LogP contribution in [0.4, 0.5) is 18.9 Å². The molecular weight excluding hydrogens is 443 g/mol. The number of halogens is 4. The van der Waals surface area contributed by atoms with Crippen molar-refractivity contribution in [2.75, 3.05) is 11.4 Å². The molecule has 1 aromatic carbocycles. The second kappa shape index (κ2) is 7.64. The van der Waals surface area contributed by atoms with Crippen molar-refractivity contribution in [3.63, 3.8) is 0 Å². The molecule has 1 atom stereocenters. The number of nitrogens with one attached hydrogen (secondary N) is 1. The van der Waals surface area contributed by atoms with Crippen LogP contribution in [0.1, 0.15) is 17.0 Å². The number of hydrogen-bond acceptors (Lipinski definition) is 5. The van der Waals surface area contributed by atoms with Gasteiger partial charge >= 0.3 is 6.18 Å². The van der Waals surface area contributed by atoms with Crippen molar-refractivity contribution in [1.29, 1.82) is 0 Å². The molecule has 4 rings (SSSR count). The Kier molecular flexibility index (Phi) is 5.28. The molecule has 0 spiro atoms. The van der Waals surface area contributed by atoms with E-state index in [0.29, 0.717) is 30.2 Å². The number of aryl methyl sites for hydroxylation is 1. The molecule has 0 radical (unpaired) electrons. The monoisotopic (exact) mass is 457 g/mol. The van der Waals surface area contributed by atoms with E-state index in [4.69, 9.17) is 11.6 Å². The summed E-state index contributed by atoms with van der Waals surface area (Å²) >= 11 is 3.99. The summed E-state index contributed by atoms with van der Waals surface area (Å²) in [4.78, 5) is 17.4. The number of H-pyrrole nitrogens is 1. The Labute approximate surface area is 176 Å². The SMILES string of the molecule is Cc1ccc([S+]([O-])c2cnc3n2CCN(c2cn[nH]c(=O)c2Cl)C3)c(C(F)(F)F)c1. The minimum Gasteiger partial charge on any atom is -0.605 e. The lowest BCUT2D eigenvalue weighted by Gasteiger charge is -2.30. The first-order valence-corrected chi connectivity index (χ1v) is 10.3. The number of aromatic nitrogens is 4. The van der Waals surface area contributed by atoms with E-state index in [-0.39, 0.29) is 21.5 Å². The van der Waals surface area contributed by atoms with Crippen LogP contribution in [0.5, 0.6) is 0 Å². The number of alkyl halides is 3. The summed E-state index contributed by atoms with van der Waals surface area (Å²) in [7, 11) is 0. The van der Waals surface area contributed by atoms with Gasteiger partial charge in [-0.05, 0) is 19.1 Å². The summed E-state index contributed by atoms with van der Waals surface area (Å²) in [5, 5.41) is 6.16. The average molecular weight is 458 g/mol. The second-order valence-corrected chi connectivity index (χ2v) is 8.52. The molecule has 0 saturated carbocycles. The van der Waals surface area contributed by atoms with Crippen molar-refractivity contribution in [3.05, 3.63) is 62.9 Å². The summed E-state index contributed by atoms with van der Waals surface area (Å²) in [6.45, 7) is 2.49. The molecule has 12 heteroatoms. The summed E-state index contributed by atoms with van der Waals surface area (Å²) in [5.74, 6) is 0.501. The Balaban J connectivity index is 1.67. The van der Waals surface area contributed by atoms with Gasteiger partial charge in [0.15, 0.2) is 4.90 Å². The van der Waals surface area contributed by atoms with E-state index in [0.717, 1.165) is 6.07 Å². The van der Waals surface area contributed by atoms with E-state index in [1.165, 1.54) is 24.5 Å².